The van der Waals surface area contributed by atoms with Gasteiger partial charge in [-0.2, -0.15) is 0 Å². The highest BCUT2D eigenvalue weighted by Gasteiger charge is 2.14. The van der Waals surface area contributed by atoms with Crippen molar-refractivity contribution < 1.29 is 17.9 Å². The number of ether oxygens (including phenoxy) is 2. The Bertz CT molecular complexity index is 1490. The van der Waals surface area contributed by atoms with Crippen molar-refractivity contribution in [1.29, 1.82) is 0 Å². The standard InChI is InChI=1S/C29H29BrClN3O4S/c1-39(35,36)34-14-13-33-18-24-15-26(31)28(16-27(24)37-19-21-7-6-12-32-17-21)38-20-23-10-5-11-25(29(23)30)22-8-3-2-4-9-22/h2-12,15-17,33-34H,13-14,18-20H2,1H3. The lowest BCUT2D eigenvalue weighted by atomic mass is 10.0. The van der Waals surface area contributed by atoms with E-state index in [0.717, 1.165) is 38.5 Å². The van der Waals surface area contributed by atoms with Crippen LogP contribution in [-0.2, 0) is 29.8 Å². The molecular weight excluding hydrogens is 602 g/mol. The molecule has 0 saturated carbocycles. The molecule has 0 radical (unpaired) electrons. The van der Waals surface area contributed by atoms with Crippen LogP contribution in [-0.4, -0.2) is 32.7 Å². The van der Waals surface area contributed by atoms with Crippen LogP contribution >= 0.6 is 27.5 Å². The fourth-order valence-corrected chi connectivity index (χ4v) is 5.16. The van der Waals surface area contributed by atoms with E-state index in [1.807, 2.05) is 48.5 Å². The molecule has 0 unspecified atom stereocenters. The molecule has 0 amide bonds. The summed E-state index contributed by atoms with van der Waals surface area (Å²) in [7, 11) is -3.24. The lowest BCUT2D eigenvalue weighted by molar-refractivity contribution is 0.287. The van der Waals surface area contributed by atoms with E-state index in [9.17, 15) is 8.42 Å². The van der Waals surface area contributed by atoms with Crippen LogP contribution < -0.4 is 19.5 Å². The van der Waals surface area contributed by atoms with Gasteiger partial charge in [-0.1, -0.05) is 66.2 Å². The van der Waals surface area contributed by atoms with E-state index in [1.165, 1.54) is 0 Å². The van der Waals surface area contributed by atoms with Crippen molar-refractivity contribution in [2.75, 3.05) is 19.3 Å². The summed E-state index contributed by atoms with van der Waals surface area (Å²) in [6, 6.07) is 23.6. The SMILES string of the molecule is CS(=O)(=O)NCCNCc1cc(Cl)c(OCc2cccc(-c3ccccc3)c2Br)cc1OCc1cccnc1. The van der Waals surface area contributed by atoms with Gasteiger partial charge < -0.3 is 14.8 Å². The quantitative estimate of drug-likeness (QED) is 0.177. The first-order valence-corrected chi connectivity index (χ1v) is 15.3. The number of hydrogen-bond donors (Lipinski definition) is 2. The van der Waals surface area contributed by atoms with E-state index in [-0.39, 0.29) is 6.54 Å². The largest absolute Gasteiger partial charge is 0.488 e. The van der Waals surface area contributed by atoms with Crippen molar-refractivity contribution in [3.05, 3.63) is 111 Å². The van der Waals surface area contributed by atoms with Crippen molar-refractivity contribution in [3.63, 3.8) is 0 Å². The number of benzene rings is 3. The van der Waals surface area contributed by atoms with Crippen LogP contribution in [0.25, 0.3) is 11.1 Å². The molecule has 204 valence electrons. The maximum atomic E-state index is 11.3. The summed E-state index contributed by atoms with van der Waals surface area (Å²) >= 11 is 10.4. The normalized spacial score (nSPS) is 11.4. The Morgan fingerprint density at radius 1 is 0.897 bits per heavy atom. The minimum atomic E-state index is -3.24. The molecule has 3 aromatic carbocycles. The summed E-state index contributed by atoms with van der Waals surface area (Å²) in [6.45, 7) is 1.77. The molecule has 0 atom stereocenters. The second kappa shape index (κ2) is 13.9. The van der Waals surface area contributed by atoms with Crippen molar-refractivity contribution >= 4 is 37.6 Å². The van der Waals surface area contributed by atoms with E-state index in [4.69, 9.17) is 21.1 Å². The zero-order chi connectivity index (χ0) is 27.7. The first kappa shape index (κ1) is 29.0. The maximum absolute atomic E-state index is 11.3. The Balaban J connectivity index is 1.50. The number of halogens is 2. The molecule has 0 saturated heterocycles. The second-order valence-corrected chi connectivity index (χ2v) is 11.9. The van der Waals surface area contributed by atoms with Gasteiger partial charge in [0.2, 0.25) is 10.0 Å². The summed E-state index contributed by atoms with van der Waals surface area (Å²) in [4.78, 5) is 4.14. The van der Waals surface area contributed by atoms with Crippen LogP contribution in [0.2, 0.25) is 5.02 Å². The molecule has 10 heteroatoms. The zero-order valence-corrected chi connectivity index (χ0v) is 24.5. The molecule has 1 heterocycles. The van der Waals surface area contributed by atoms with Gasteiger partial charge in [0, 0.05) is 59.3 Å². The van der Waals surface area contributed by atoms with Gasteiger partial charge in [-0.15, -0.1) is 0 Å². The average molecular weight is 631 g/mol. The fourth-order valence-electron chi connectivity index (χ4n) is 3.84. The molecule has 39 heavy (non-hydrogen) atoms. The number of nitrogens with zero attached hydrogens (tertiary/aromatic N) is 1. The molecule has 0 aliphatic heterocycles. The van der Waals surface area contributed by atoms with Gasteiger partial charge in [0.15, 0.2) is 0 Å². The summed E-state index contributed by atoms with van der Waals surface area (Å²) in [5.41, 5.74) is 4.92. The van der Waals surface area contributed by atoms with Crippen LogP contribution in [0.15, 0.2) is 89.7 Å². The van der Waals surface area contributed by atoms with E-state index in [0.29, 0.717) is 42.8 Å². The molecule has 7 nitrogen and oxygen atoms in total. The summed E-state index contributed by atoms with van der Waals surface area (Å²) in [5, 5.41) is 3.67. The maximum Gasteiger partial charge on any atom is 0.208 e. The van der Waals surface area contributed by atoms with Crippen molar-refractivity contribution in [3.8, 4) is 22.6 Å². The van der Waals surface area contributed by atoms with Crippen molar-refractivity contribution in [1.82, 2.24) is 15.0 Å². The van der Waals surface area contributed by atoms with E-state index < -0.39 is 10.0 Å². The van der Waals surface area contributed by atoms with Gasteiger partial charge in [-0.25, -0.2) is 13.1 Å². The molecule has 2 N–H and O–H groups in total. The number of aromatic nitrogens is 1. The fraction of sp³-hybridized carbons (Fsp3) is 0.207. The molecule has 4 rings (SSSR count). The summed E-state index contributed by atoms with van der Waals surface area (Å²) in [5.74, 6) is 1.11. The van der Waals surface area contributed by atoms with Crippen molar-refractivity contribution in [2.24, 2.45) is 0 Å². The second-order valence-electron chi connectivity index (χ2n) is 8.82. The smallest absolute Gasteiger partial charge is 0.208 e. The van der Waals surface area contributed by atoms with E-state index in [2.05, 4.69) is 49.2 Å². The third-order valence-electron chi connectivity index (χ3n) is 5.76. The highest BCUT2D eigenvalue weighted by molar-refractivity contribution is 9.10. The third-order valence-corrected chi connectivity index (χ3v) is 7.72. The first-order valence-electron chi connectivity index (χ1n) is 12.3. The van der Waals surface area contributed by atoms with Crippen molar-refractivity contribution in [2.45, 2.75) is 19.8 Å². The number of hydrogen-bond acceptors (Lipinski definition) is 6. The van der Waals surface area contributed by atoms with Gasteiger partial charge in [0.05, 0.1) is 11.3 Å². The van der Waals surface area contributed by atoms with Gasteiger partial charge in [-0.3, -0.25) is 4.98 Å². The minimum absolute atomic E-state index is 0.274. The van der Waals surface area contributed by atoms with Gasteiger partial charge in [0.1, 0.15) is 24.7 Å². The van der Waals surface area contributed by atoms with Gasteiger partial charge >= 0.3 is 0 Å². The predicted molar refractivity (Wildman–Crippen MR) is 158 cm³/mol. The lowest BCUT2D eigenvalue weighted by Crippen LogP contribution is -2.30. The Morgan fingerprint density at radius 2 is 1.69 bits per heavy atom. The Morgan fingerprint density at radius 3 is 2.44 bits per heavy atom. The Labute approximate surface area is 242 Å². The number of sulfonamides is 1. The third kappa shape index (κ3) is 8.78. The summed E-state index contributed by atoms with van der Waals surface area (Å²) < 4.78 is 38.3. The lowest BCUT2D eigenvalue weighted by Gasteiger charge is -2.17. The molecule has 0 aliphatic carbocycles. The summed E-state index contributed by atoms with van der Waals surface area (Å²) in [6.07, 6.45) is 4.59. The van der Waals surface area contributed by atoms with Crippen LogP contribution in [0, 0.1) is 0 Å². The number of nitrogens with one attached hydrogen (secondary N) is 2. The molecule has 0 spiro atoms. The Hall–Kier alpha value is -2.95. The molecule has 0 bridgehead atoms. The molecule has 1 aromatic heterocycles. The van der Waals surface area contributed by atoms with Crippen LogP contribution in [0.1, 0.15) is 16.7 Å². The van der Waals surface area contributed by atoms with E-state index >= 15 is 0 Å². The monoisotopic (exact) mass is 629 g/mol. The topological polar surface area (TPSA) is 89.6 Å². The predicted octanol–water partition coefficient (Wildman–Crippen LogP) is 5.96. The zero-order valence-electron chi connectivity index (χ0n) is 21.4. The molecule has 0 fully saturated rings. The minimum Gasteiger partial charge on any atom is -0.488 e. The van der Waals surface area contributed by atoms with Gasteiger partial charge in [-0.05, 0) is 39.2 Å². The van der Waals surface area contributed by atoms with Crippen LogP contribution in [0.3, 0.4) is 0 Å². The van der Waals surface area contributed by atoms with Gasteiger partial charge in [0.25, 0.3) is 0 Å². The first-order chi connectivity index (χ1) is 18.8. The van der Waals surface area contributed by atoms with Crippen LogP contribution in [0.5, 0.6) is 11.5 Å². The van der Waals surface area contributed by atoms with Crippen LogP contribution in [0.4, 0.5) is 0 Å². The van der Waals surface area contributed by atoms with E-state index in [1.54, 1.807) is 18.5 Å². The highest BCUT2D eigenvalue weighted by Crippen LogP contribution is 2.36. The molecule has 4 aromatic rings. The molecular formula is C29H29BrClN3O4S. The average Bonchev–Trinajstić information content (AvgIpc) is 2.93. The number of pyridine rings is 1. The number of rotatable bonds is 13. The Kier molecular flexibility index (Phi) is 10.4. The highest BCUT2D eigenvalue weighted by atomic mass is 79.9. The molecule has 0 aliphatic rings.